The van der Waals surface area contributed by atoms with Gasteiger partial charge in [0, 0.05) is 12.1 Å². The number of unbranched alkanes of at least 4 members (excludes halogenated alkanes) is 1. The highest BCUT2D eigenvalue weighted by Gasteiger charge is 2.19. The minimum atomic E-state index is -0.353. The first-order valence-electron chi connectivity index (χ1n) is 12.0. The second-order valence-electron chi connectivity index (χ2n) is 8.10. The van der Waals surface area contributed by atoms with Gasteiger partial charge in [-0.2, -0.15) is 5.10 Å². The summed E-state index contributed by atoms with van der Waals surface area (Å²) in [4.78, 5) is 26.2. The molecule has 0 radical (unpaired) electrons. The highest BCUT2D eigenvalue weighted by Crippen LogP contribution is 2.29. The van der Waals surface area contributed by atoms with E-state index in [0.717, 1.165) is 30.8 Å². The van der Waals surface area contributed by atoms with E-state index in [9.17, 15) is 9.59 Å². The van der Waals surface area contributed by atoms with Crippen molar-refractivity contribution in [2.45, 2.75) is 54.0 Å². The van der Waals surface area contributed by atoms with Gasteiger partial charge in [0.2, 0.25) is 0 Å². The van der Waals surface area contributed by atoms with Gasteiger partial charge in [0.05, 0.1) is 41.5 Å². The van der Waals surface area contributed by atoms with Gasteiger partial charge in [-0.3, -0.25) is 14.3 Å². The van der Waals surface area contributed by atoms with Crippen LogP contribution in [0.25, 0.3) is 0 Å². The molecule has 0 aliphatic heterocycles. The normalized spacial score (nSPS) is 10.7. The zero-order chi connectivity index (χ0) is 25.4. The van der Waals surface area contributed by atoms with E-state index in [1.54, 1.807) is 42.5 Å². The van der Waals surface area contributed by atoms with E-state index >= 15 is 0 Å². The molecule has 0 aliphatic carbocycles. The second kappa shape index (κ2) is 12.1. The average molecular weight is 479 g/mol. The highest BCUT2D eigenvalue weighted by atomic mass is 16.5. The standard InChI is InChI=1S/C27H34N4O4/c1-6-9-16-31-19(5)25(18(4)30-31)29-27(33)21-12-10-11-13-22(21)28-26(32)20-14-15-23(34-7-2)24(17-20)35-8-3/h10-15,17H,6-9,16H2,1-5H3,(H,28,32)(H,29,33). The van der Waals surface area contributed by atoms with Crippen molar-refractivity contribution in [3.8, 4) is 11.5 Å². The van der Waals surface area contributed by atoms with Gasteiger partial charge in [0.15, 0.2) is 11.5 Å². The van der Waals surface area contributed by atoms with Gasteiger partial charge < -0.3 is 20.1 Å². The van der Waals surface area contributed by atoms with Gasteiger partial charge in [-0.05, 0) is 64.4 Å². The van der Waals surface area contributed by atoms with Crippen molar-refractivity contribution in [2.24, 2.45) is 0 Å². The maximum absolute atomic E-state index is 13.2. The van der Waals surface area contributed by atoms with Crippen LogP contribution in [0.15, 0.2) is 42.5 Å². The quantitative estimate of drug-likeness (QED) is 0.374. The zero-order valence-electron chi connectivity index (χ0n) is 21.1. The van der Waals surface area contributed by atoms with E-state index < -0.39 is 0 Å². The Labute approximate surface area is 206 Å². The van der Waals surface area contributed by atoms with Crippen molar-refractivity contribution in [3.05, 3.63) is 65.0 Å². The van der Waals surface area contributed by atoms with Crippen LogP contribution < -0.4 is 20.1 Å². The Balaban J connectivity index is 1.81. The van der Waals surface area contributed by atoms with Crippen molar-refractivity contribution < 1.29 is 19.1 Å². The van der Waals surface area contributed by atoms with Crippen LogP contribution in [0.2, 0.25) is 0 Å². The molecule has 3 aromatic rings. The molecular formula is C27H34N4O4. The van der Waals surface area contributed by atoms with Crippen LogP contribution in [0.1, 0.15) is 65.7 Å². The zero-order valence-corrected chi connectivity index (χ0v) is 21.1. The lowest BCUT2D eigenvalue weighted by Crippen LogP contribution is -2.19. The molecule has 8 heteroatoms. The summed E-state index contributed by atoms with van der Waals surface area (Å²) in [5.74, 6) is 0.410. The molecule has 1 aromatic heterocycles. The number of anilines is 2. The summed E-state index contributed by atoms with van der Waals surface area (Å²) in [6, 6.07) is 11.9. The molecule has 0 saturated heterocycles. The highest BCUT2D eigenvalue weighted by molar-refractivity contribution is 6.12. The topological polar surface area (TPSA) is 94.5 Å². The third-order valence-electron chi connectivity index (χ3n) is 5.57. The number of benzene rings is 2. The predicted molar refractivity (Wildman–Crippen MR) is 138 cm³/mol. The lowest BCUT2D eigenvalue weighted by molar-refractivity contribution is 0.102. The number of nitrogens with one attached hydrogen (secondary N) is 2. The summed E-state index contributed by atoms with van der Waals surface area (Å²) in [6.45, 7) is 11.4. The third kappa shape index (κ3) is 6.20. The Kier molecular flexibility index (Phi) is 8.89. The Bertz CT molecular complexity index is 1190. The van der Waals surface area contributed by atoms with Crippen molar-refractivity contribution in [1.29, 1.82) is 0 Å². The maximum atomic E-state index is 13.2. The number of para-hydroxylation sites is 1. The number of carbonyl (C=O) groups is 2. The first-order valence-corrected chi connectivity index (χ1v) is 12.0. The summed E-state index contributed by atoms with van der Waals surface area (Å²) >= 11 is 0. The summed E-state index contributed by atoms with van der Waals surface area (Å²) in [7, 11) is 0. The van der Waals surface area contributed by atoms with E-state index in [4.69, 9.17) is 9.47 Å². The van der Waals surface area contributed by atoms with Crippen LogP contribution in [0.4, 0.5) is 11.4 Å². The molecular weight excluding hydrogens is 444 g/mol. The van der Waals surface area contributed by atoms with E-state index in [0.29, 0.717) is 47.2 Å². The van der Waals surface area contributed by atoms with Gasteiger partial charge in [-0.1, -0.05) is 25.5 Å². The molecule has 0 spiro atoms. The summed E-state index contributed by atoms with van der Waals surface area (Å²) in [5, 5.41) is 10.4. The van der Waals surface area contributed by atoms with Crippen LogP contribution in [-0.2, 0) is 6.54 Å². The van der Waals surface area contributed by atoms with Crippen LogP contribution in [0.3, 0.4) is 0 Å². The number of nitrogens with zero attached hydrogens (tertiary/aromatic N) is 2. The molecule has 0 fully saturated rings. The van der Waals surface area contributed by atoms with Crippen molar-refractivity contribution in [3.63, 3.8) is 0 Å². The largest absolute Gasteiger partial charge is 0.490 e. The lowest BCUT2D eigenvalue weighted by atomic mass is 10.1. The van der Waals surface area contributed by atoms with Crippen LogP contribution >= 0.6 is 0 Å². The summed E-state index contributed by atoms with van der Waals surface area (Å²) in [5.41, 5.74) is 3.53. The van der Waals surface area contributed by atoms with E-state index in [1.807, 2.05) is 32.4 Å². The number of hydrogen-bond acceptors (Lipinski definition) is 5. The minimum Gasteiger partial charge on any atom is -0.490 e. The minimum absolute atomic E-state index is 0.316. The number of ether oxygens (including phenoxy) is 2. The monoisotopic (exact) mass is 478 g/mol. The number of amides is 2. The fourth-order valence-electron chi connectivity index (χ4n) is 3.76. The van der Waals surface area contributed by atoms with E-state index in [-0.39, 0.29) is 11.8 Å². The molecule has 2 amide bonds. The number of carbonyl (C=O) groups excluding carboxylic acids is 2. The molecule has 2 aromatic carbocycles. The van der Waals surface area contributed by atoms with Gasteiger partial charge in [-0.15, -0.1) is 0 Å². The Morgan fingerprint density at radius 2 is 1.63 bits per heavy atom. The Morgan fingerprint density at radius 1 is 0.914 bits per heavy atom. The first-order chi connectivity index (χ1) is 16.9. The van der Waals surface area contributed by atoms with Crippen molar-refractivity contribution in [1.82, 2.24) is 9.78 Å². The Hall–Kier alpha value is -3.81. The number of aryl methyl sites for hydroxylation is 2. The Morgan fingerprint density at radius 3 is 2.34 bits per heavy atom. The van der Waals surface area contributed by atoms with Gasteiger partial charge in [-0.25, -0.2) is 0 Å². The van der Waals surface area contributed by atoms with Crippen LogP contribution in [0.5, 0.6) is 11.5 Å². The van der Waals surface area contributed by atoms with Gasteiger partial charge >= 0.3 is 0 Å². The number of hydrogen-bond donors (Lipinski definition) is 2. The maximum Gasteiger partial charge on any atom is 0.257 e. The summed E-state index contributed by atoms with van der Waals surface area (Å²) in [6.07, 6.45) is 2.08. The predicted octanol–water partition coefficient (Wildman–Crippen LogP) is 5.60. The number of aromatic nitrogens is 2. The summed E-state index contributed by atoms with van der Waals surface area (Å²) < 4.78 is 13.1. The molecule has 1 heterocycles. The fourth-order valence-corrected chi connectivity index (χ4v) is 3.76. The molecule has 35 heavy (non-hydrogen) atoms. The average Bonchev–Trinajstić information content (AvgIpc) is 3.11. The first kappa shape index (κ1) is 25.8. The van der Waals surface area contributed by atoms with Crippen molar-refractivity contribution in [2.75, 3.05) is 23.8 Å². The third-order valence-corrected chi connectivity index (χ3v) is 5.57. The van der Waals surface area contributed by atoms with Crippen LogP contribution in [-0.4, -0.2) is 34.8 Å². The molecule has 0 bridgehead atoms. The molecule has 3 rings (SSSR count). The van der Waals surface area contributed by atoms with E-state index in [2.05, 4.69) is 22.7 Å². The SMILES string of the molecule is CCCCn1nc(C)c(NC(=O)c2ccccc2NC(=O)c2ccc(OCC)c(OCC)c2)c1C. The lowest BCUT2D eigenvalue weighted by Gasteiger charge is -2.14. The fraction of sp³-hybridized carbons (Fsp3) is 0.370. The molecule has 0 saturated carbocycles. The molecule has 0 unspecified atom stereocenters. The molecule has 8 nitrogen and oxygen atoms in total. The molecule has 2 N–H and O–H groups in total. The molecule has 186 valence electrons. The smallest absolute Gasteiger partial charge is 0.257 e. The van der Waals surface area contributed by atoms with Gasteiger partial charge in [0.25, 0.3) is 11.8 Å². The van der Waals surface area contributed by atoms with Crippen LogP contribution in [0, 0.1) is 13.8 Å². The molecule has 0 atom stereocenters. The van der Waals surface area contributed by atoms with Gasteiger partial charge in [0.1, 0.15) is 0 Å². The molecule has 0 aliphatic rings. The van der Waals surface area contributed by atoms with Crippen molar-refractivity contribution >= 4 is 23.2 Å². The number of rotatable bonds is 11. The van der Waals surface area contributed by atoms with E-state index in [1.165, 1.54) is 0 Å². The second-order valence-corrected chi connectivity index (χ2v) is 8.10.